The highest BCUT2D eigenvalue weighted by atomic mass is 16.4. The number of hydrazone groups is 1. The molecule has 6 N–H and O–H groups in total. The highest BCUT2D eigenvalue weighted by Crippen LogP contribution is 2.08. The van der Waals surface area contributed by atoms with Gasteiger partial charge in [0.1, 0.15) is 12.1 Å². The van der Waals surface area contributed by atoms with Gasteiger partial charge in [0.15, 0.2) is 0 Å². The molecule has 0 saturated heterocycles. The van der Waals surface area contributed by atoms with E-state index in [4.69, 9.17) is 10.9 Å². The van der Waals surface area contributed by atoms with Gasteiger partial charge in [0.05, 0.1) is 12.6 Å². The van der Waals surface area contributed by atoms with Crippen LogP contribution in [0.4, 0.5) is 0 Å². The zero-order valence-electron chi connectivity index (χ0n) is 18.5. The highest BCUT2D eigenvalue weighted by Gasteiger charge is 2.28. The molecular formula is C24H28N4O6. The first kappa shape index (κ1) is 26.0. The molecule has 0 radical (unpaired) electrons. The maximum atomic E-state index is 12.6. The fourth-order valence-corrected chi connectivity index (χ4v) is 3.28. The number of rotatable bonds is 13. The molecule has 2 aromatic carbocycles. The number of hydrogen-bond acceptors (Lipinski definition) is 6. The van der Waals surface area contributed by atoms with Gasteiger partial charge >= 0.3 is 11.9 Å². The van der Waals surface area contributed by atoms with Crippen LogP contribution >= 0.6 is 0 Å². The summed E-state index contributed by atoms with van der Waals surface area (Å²) < 4.78 is 0. The van der Waals surface area contributed by atoms with Crippen LogP contribution in [0.25, 0.3) is 0 Å². The molecule has 2 amide bonds. The number of carbonyl (C=O) groups is 4. The zero-order chi connectivity index (χ0) is 24.9. The van der Waals surface area contributed by atoms with E-state index in [0.717, 1.165) is 11.1 Å². The molecule has 0 heterocycles. The molecule has 2 atom stereocenters. The second-order valence-corrected chi connectivity index (χ2v) is 7.68. The second-order valence-electron chi connectivity index (χ2n) is 7.68. The summed E-state index contributed by atoms with van der Waals surface area (Å²) in [5.41, 5.74) is 2.53. The third-order valence-corrected chi connectivity index (χ3v) is 5.00. The van der Waals surface area contributed by atoms with Crippen molar-refractivity contribution < 1.29 is 29.4 Å². The average Bonchev–Trinajstić information content (AvgIpc) is 2.80. The number of aryl methyl sites for hydroxylation is 1. The van der Waals surface area contributed by atoms with Gasteiger partial charge in [0.2, 0.25) is 11.8 Å². The van der Waals surface area contributed by atoms with Crippen LogP contribution in [-0.4, -0.2) is 52.3 Å². The van der Waals surface area contributed by atoms with Crippen LogP contribution in [-0.2, 0) is 32.0 Å². The monoisotopic (exact) mass is 468 g/mol. The lowest BCUT2D eigenvalue weighted by Gasteiger charge is -2.20. The molecule has 10 heteroatoms. The van der Waals surface area contributed by atoms with E-state index in [1.807, 2.05) is 24.3 Å². The Morgan fingerprint density at radius 3 is 2.18 bits per heavy atom. The number of carboxylic acids is 2. The Bertz CT molecular complexity index is 1010. The number of hydrogen-bond donors (Lipinski definition) is 5. The van der Waals surface area contributed by atoms with E-state index < -0.39 is 42.3 Å². The van der Waals surface area contributed by atoms with Crippen LogP contribution in [0.2, 0.25) is 0 Å². The highest BCUT2D eigenvalue weighted by molar-refractivity contribution is 5.92. The van der Waals surface area contributed by atoms with Gasteiger partial charge in [-0.2, -0.15) is 5.10 Å². The lowest BCUT2D eigenvalue weighted by molar-refractivity contribution is -0.143. The van der Waals surface area contributed by atoms with E-state index in [1.165, 1.54) is 6.21 Å². The van der Waals surface area contributed by atoms with Crippen LogP contribution in [0.1, 0.15) is 36.0 Å². The predicted octanol–water partition coefficient (Wildman–Crippen LogP) is 1.07. The molecule has 0 spiro atoms. The summed E-state index contributed by atoms with van der Waals surface area (Å²) >= 11 is 0. The van der Waals surface area contributed by atoms with E-state index >= 15 is 0 Å². The second kappa shape index (κ2) is 13.4. The van der Waals surface area contributed by atoms with Crippen molar-refractivity contribution in [3.05, 3.63) is 71.3 Å². The number of carboxylic acid groups (broad SMARTS) is 2. The van der Waals surface area contributed by atoms with Crippen molar-refractivity contribution in [2.75, 3.05) is 0 Å². The Morgan fingerprint density at radius 2 is 1.59 bits per heavy atom. The summed E-state index contributed by atoms with van der Waals surface area (Å²) in [5, 5.41) is 26.8. The molecule has 0 fully saturated rings. The minimum Gasteiger partial charge on any atom is -0.481 e. The molecule has 0 bridgehead atoms. The molecule has 0 saturated carbocycles. The van der Waals surface area contributed by atoms with Crippen LogP contribution in [0, 0.1) is 0 Å². The topological polar surface area (TPSA) is 171 Å². The fourth-order valence-electron chi connectivity index (χ4n) is 3.28. The summed E-state index contributed by atoms with van der Waals surface area (Å²) in [5.74, 6) is 1.19. The SMILES string of the molecule is NN=Cc1ccc(CCCC(=O)N[C@@H](CC(=O)O)C(=O)N[C@@H](Cc2ccccc2)C(=O)O)cc1. The first-order valence-electron chi connectivity index (χ1n) is 10.7. The lowest BCUT2D eigenvalue weighted by Crippen LogP contribution is -2.52. The van der Waals surface area contributed by atoms with Crippen LogP contribution in [0.15, 0.2) is 59.7 Å². The number of aliphatic carboxylic acids is 2. The Kier molecular flexibility index (Phi) is 10.2. The van der Waals surface area contributed by atoms with E-state index in [2.05, 4.69) is 15.7 Å². The Labute approximate surface area is 196 Å². The van der Waals surface area contributed by atoms with Crippen molar-refractivity contribution in [3.63, 3.8) is 0 Å². The smallest absolute Gasteiger partial charge is 0.326 e. The van der Waals surface area contributed by atoms with Gasteiger partial charge in [0, 0.05) is 12.8 Å². The predicted molar refractivity (Wildman–Crippen MR) is 125 cm³/mol. The van der Waals surface area contributed by atoms with Crippen molar-refractivity contribution in [1.82, 2.24) is 10.6 Å². The van der Waals surface area contributed by atoms with Gasteiger partial charge < -0.3 is 26.7 Å². The van der Waals surface area contributed by atoms with Crippen molar-refractivity contribution in [2.45, 2.75) is 44.2 Å². The number of benzene rings is 2. The van der Waals surface area contributed by atoms with Gasteiger partial charge in [-0.1, -0.05) is 54.6 Å². The summed E-state index contributed by atoms with van der Waals surface area (Å²) in [6.07, 6.45) is 2.01. The van der Waals surface area contributed by atoms with Crippen LogP contribution < -0.4 is 16.5 Å². The number of amides is 2. The van der Waals surface area contributed by atoms with Crippen molar-refractivity contribution in [2.24, 2.45) is 10.9 Å². The fraction of sp³-hybridized carbons (Fsp3) is 0.292. The molecule has 2 aromatic rings. The quantitative estimate of drug-likeness (QED) is 0.166. The summed E-state index contributed by atoms with van der Waals surface area (Å²) in [6.45, 7) is 0. The summed E-state index contributed by atoms with van der Waals surface area (Å²) in [4.78, 5) is 47.8. The van der Waals surface area contributed by atoms with E-state index in [1.54, 1.807) is 30.3 Å². The number of nitrogens with zero attached hydrogens (tertiary/aromatic N) is 1. The maximum Gasteiger partial charge on any atom is 0.326 e. The van der Waals surface area contributed by atoms with Crippen LogP contribution in [0.5, 0.6) is 0 Å². The van der Waals surface area contributed by atoms with E-state index in [-0.39, 0.29) is 12.8 Å². The Morgan fingerprint density at radius 1 is 0.912 bits per heavy atom. The Hall–Kier alpha value is -4.21. The first-order chi connectivity index (χ1) is 16.3. The summed E-state index contributed by atoms with van der Waals surface area (Å²) in [7, 11) is 0. The van der Waals surface area contributed by atoms with Crippen molar-refractivity contribution in [3.8, 4) is 0 Å². The number of nitrogens with two attached hydrogens (primary N) is 1. The number of carbonyl (C=O) groups excluding carboxylic acids is 2. The van der Waals surface area contributed by atoms with E-state index in [9.17, 15) is 24.3 Å². The van der Waals surface area contributed by atoms with Crippen molar-refractivity contribution >= 4 is 30.0 Å². The molecule has 0 aliphatic rings. The summed E-state index contributed by atoms with van der Waals surface area (Å²) in [6, 6.07) is 13.5. The molecule has 0 aromatic heterocycles. The third kappa shape index (κ3) is 9.11. The Balaban J connectivity index is 1.92. The molecule has 0 unspecified atom stereocenters. The molecular weight excluding hydrogens is 440 g/mol. The molecule has 10 nitrogen and oxygen atoms in total. The maximum absolute atomic E-state index is 12.6. The van der Waals surface area contributed by atoms with Crippen LogP contribution in [0.3, 0.4) is 0 Å². The normalized spacial score (nSPS) is 12.6. The minimum absolute atomic E-state index is 0.0194. The standard InChI is InChI=1S/C24H28N4O6/c25-26-15-18-11-9-16(10-12-18)7-4-8-21(29)27-19(14-22(30)31)23(32)28-20(24(33)34)13-17-5-2-1-3-6-17/h1-3,5-6,9-12,15,19-20H,4,7-8,13-14,25H2,(H,27,29)(H,28,32)(H,30,31)(H,33,34)/t19-,20-/m0/s1. The van der Waals surface area contributed by atoms with Gasteiger partial charge in [-0.05, 0) is 29.5 Å². The molecule has 34 heavy (non-hydrogen) atoms. The zero-order valence-corrected chi connectivity index (χ0v) is 18.5. The molecule has 180 valence electrons. The lowest BCUT2D eigenvalue weighted by atomic mass is 10.0. The van der Waals surface area contributed by atoms with Crippen molar-refractivity contribution in [1.29, 1.82) is 0 Å². The van der Waals surface area contributed by atoms with Gasteiger partial charge in [-0.3, -0.25) is 14.4 Å². The molecule has 2 rings (SSSR count). The average molecular weight is 469 g/mol. The minimum atomic E-state index is -1.39. The third-order valence-electron chi connectivity index (χ3n) is 5.00. The van der Waals surface area contributed by atoms with Gasteiger partial charge in [-0.25, -0.2) is 4.79 Å². The van der Waals surface area contributed by atoms with Gasteiger partial charge in [0.25, 0.3) is 0 Å². The largest absolute Gasteiger partial charge is 0.481 e. The van der Waals surface area contributed by atoms with E-state index in [0.29, 0.717) is 18.4 Å². The molecule has 0 aliphatic heterocycles. The first-order valence-corrected chi connectivity index (χ1v) is 10.7. The van der Waals surface area contributed by atoms with Gasteiger partial charge in [-0.15, -0.1) is 0 Å². The number of nitrogens with one attached hydrogen (secondary N) is 2. The molecule has 0 aliphatic carbocycles.